The van der Waals surface area contributed by atoms with E-state index in [0.29, 0.717) is 12.4 Å². The zero-order valence-electron chi connectivity index (χ0n) is 8.60. The lowest BCUT2D eigenvalue weighted by Gasteiger charge is -2.06. The molecule has 16 heavy (non-hydrogen) atoms. The lowest BCUT2D eigenvalue weighted by Crippen LogP contribution is -1.99. The first-order chi connectivity index (χ1) is 7.49. The van der Waals surface area contributed by atoms with Gasteiger partial charge < -0.3 is 4.74 Å². The Labute approximate surface area is 98.8 Å². The fourth-order valence-corrected chi connectivity index (χ4v) is 1.86. The SMILES string of the molecule is CCCOc1ccc(S(=O)(=O)Cl)cc1C#N. The van der Waals surface area contributed by atoms with Gasteiger partial charge in [-0.3, -0.25) is 0 Å². The smallest absolute Gasteiger partial charge is 0.261 e. The Kier molecular flexibility index (Phi) is 4.16. The van der Waals surface area contributed by atoms with E-state index in [1.165, 1.54) is 18.2 Å². The van der Waals surface area contributed by atoms with Crippen LogP contribution in [0.15, 0.2) is 23.1 Å². The summed E-state index contributed by atoms with van der Waals surface area (Å²) in [7, 11) is 1.36. The van der Waals surface area contributed by atoms with E-state index >= 15 is 0 Å². The summed E-state index contributed by atoms with van der Waals surface area (Å²) in [4.78, 5) is -0.102. The van der Waals surface area contributed by atoms with Crippen molar-refractivity contribution in [2.45, 2.75) is 18.2 Å². The van der Waals surface area contributed by atoms with Gasteiger partial charge in [-0.2, -0.15) is 5.26 Å². The molecule has 0 aliphatic rings. The second-order valence-electron chi connectivity index (χ2n) is 3.06. The highest BCUT2D eigenvalue weighted by atomic mass is 35.7. The third-order valence-corrected chi connectivity index (χ3v) is 3.17. The minimum atomic E-state index is -3.81. The molecule has 0 atom stereocenters. The van der Waals surface area contributed by atoms with Crippen LogP contribution in [-0.2, 0) is 9.05 Å². The van der Waals surface area contributed by atoms with E-state index in [2.05, 4.69) is 0 Å². The van der Waals surface area contributed by atoms with E-state index in [9.17, 15) is 8.42 Å². The van der Waals surface area contributed by atoms with Crippen LogP contribution in [0.4, 0.5) is 0 Å². The van der Waals surface area contributed by atoms with E-state index in [-0.39, 0.29) is 10.5 Å². The summed E-state index contributed by atoms with van der Waals surface area (Å²) in [5.74, 6) is 0.369. The maximum absolute atomic E-state index is 11.0. The van der Waals surface area contributed by atoms with Gasteiger partial charge in [0.05, 0.1) is 17.1 Å². The first kappa shape index (κ1) is 12.8. The molecular weight excluding hydrogens is 250 g/mol. The van der Waals surface area contributed by atoms with Crippen molar-refractivity contribution < 1.29 is 13.2 Å². The van der Waals surface area contributed by atoms with Gasteiger partial charge in [-0.15, -0.1) is 0 Å². The second kappa shape index (κ2) is 5.19. The average molecular weight is 260 g/mol. The molecule has 1 aromatic rings. The molecule has 0 saturated carbocycles. The van der Waals surface area contributed by atoms with Gasteiger partial charge in [0.2, 0.25) is 0 Å². The summed E-state index contributed by atoms with van der Waals surface area (Å²) in [6.07, 6.45) is 0.806. The molecule has 1 aromatic carbocycles. The molecule has 0 saturated heterocycles. The number of halogens is 1. The van der Waals surface area contributed by atoms with Crippen LogP contribution in [0.5, 0.6) is 5.75 Å². The van der Waals surface area contributed by atoms with Gasteiger partial charge in [-0.25, -0.2) is 8.42 Å². The number of hydrogen-bond donors (Lipinski definition) is 0. The first-order valence-corrected chi connectivity index (χ1v) is 6.91. The fourth-order valence-electron chi connectivity index (χ4n) is 1.09. The van der Waals surface area contributed by atoms with Gasteiger partial charge in [0, 0.05) is 10.7 Å². The molecule has 1 rings (SSSR count). The van der Waals surface area contributed by atoms with Crippen molar-refractivity contribution in [3.8, 4) is 11.8 Å². The highest BCUT2D eigenvalue weighted by molar-refractivity contribution is 8.13. The van der Waals surface area contributed by atoms with Gasteiger partial charge in [-0.1, -0.05) is 6.92 Å². The number of benzene rings is 1. The number of rotatable bonds is 4. The Hall–Kier alpha value is -1.25. The van der Waals surface area contributed by atoms with E-state index in [4.69, 9.17) is 20.7 Å². The summed E-state index contributed by atoms with van der Waals surface area (Å²) in [5.41, 5.74) is 0.162. The van der Waals surface area contributed by atoms with E-state index in [1.54, 1.807) is 0 Å². The largest absolute Gasteiger partial charge is 0.492 e. The average Bonchev–Trinajstić information content (AvgIpc) is 2.24. The van der Waals surface area contributed by atoms with Gasteiger partial charge >= 0.3 is 0 Å². The molecule has 0 aliphatic carbocycles. The van der Waals surface area contributed by atoms with Gasteiger partial charge in [-0.05, 0) is 24.6 Å². The highest BCUT2D eigenvalue weighted by Crippen LogP contribution is 2.24. The summed E-state index contributed by atoms with van der Waals surface area (Å²) in [5, 5.41) is 8.84. The Bertz CT molecular complexity index is 519. The van der Waals surface area contributed by atoms with Crippen molar-refractivity contribution in [2.24, 2.45) is 0 Å². The molecular formula is C10H10ClNO3S. The number of nitrogens with zero attached hydrogens (tertiary/aromatic N) is 1. The van der Waals surface area contributed by atoms with E-state index < -0.39 is 9.05 Å². The summed E-state index contributed by atoms with van der Waals surface area (Å²) >= 11 is 0. The molecule has 0 unspecified atom stereocenters. The number of hydrogen-bond acceptors (Lipinski definition) is 4. The lowest BCUT2D eigenvalue weighted by atomic mass is 10.2. The van der Waals surface area contributed by atoms with Crippen molar-refractivity contribution >= 4 is 19.7 Å². The molecule has 0 spiro atoms. The quantitative estimate of drug-likeness (QED) is 0.778. The van der Waals surface area contributed by atoms with Crippen molar-refractivity contribution in [3.05, 3.63) is 23.8 Å². The Balaban J connectivity index is 3.13. The van der Waals surface area contributed by atoms with Gasteiger partial charge in [0.15, 0.2) is 0 Å². The molecule has 0 N–H and O–H groups in total. The van der Waals surface area contributed by atoms with Gasteiger partial charge in [0.1, 0.15) is 11.8 Å². The Morgan fingerprint density at radius 2 is 2.19 bits per heavy atom. The zero-order chi connectivity index (χ0) is 12.2. The van der Waals surface area contributed by atoms with Crippen LogP contribution in [0.1, 0.15) is 18.9 Å². The van der Waals surface area contributed by atoms with Crippen LogP contribution in [0.25, 0.3) is 0 Å². The molecule has 0 bridgehead atoms. The minimum absolute atomic E-state index is 0.102. The topological polar surface area (TPSA) is 67.2 Å². The predicted octanol–water partition coefficient (Wildman–Crippen LogP) is 2.27. The van der Waals surface area contributed by atoms with E-state index in [0.717, 1.165) is 6.42 Å². The van der Waals surface area contributed by atoms with E-state index in [1.807, 2.05) is 13.0 Å². The maximum atomic E-state index is 11.0. The zero-order valence-corrected chi connectivity index (χ0v) is 10.2. The summed E-state index contributed by atoms with van der Waals surface area (Å²) in [6, 6.07) is 5.82. The molecule has 4 nitrogen and oxygen atoms in total. The Morgan fingerprint density at radius 1 is 1.50 bits per heavy atom. The molecule has 0 radical (unpaired) electrons. The van der Waals surface area contributed by atoms with Crippen LogP contribution in [-0.4, -0.2) is 15.0 Å². The van der Waals surface area contributed by atoms with Gasteiger partial charge in [0.25, 0.3) is 9.05 Å². The van der Waals surface area contributed by atoms with Crippen LogP contribution < -0.4 is 4.74 Å². The Morgan fingerprint density at radius 3 is 2.69 bits per heavy atom. The molecule has 6 heteroatoms. The summed E-state index contributed by atoms with van der Waals surface area (Å²) in [6.45, 7) is 2.41. The highest BCUT2D eigenvalue weighted by Gasteiger charge is 2.13. The minimum Gasteiger partial charge on any atom is -0.492 e. The summed E-state index contributed by atoms with van der Waals surface area (Å²) < 4.78 is 27.4. The predicted molar refractivity (Wildman–Crippen MR) is 60.0 cm³/mol. The van der Waals surface area contributed by atoms with Crippen LogP contribution in [0, 0.1) is 11.3 Å². The molecule has 0 fully saturated rings. The van der Waals surface area contributed by atoms with Crippen LogP contribution in [0.2, 0.25) is 0 Å². The van der Waals surface area contributed by atoms with Crippen molar-refractivity contribution in [1.82, 2.24) is 0 Å². The molecule has 0 aromatic heterocycles. The molecule has 0 amide bonds. The third-order valence-electron chi connectivity index (χ3n) is 1.81. The fraction of sp³-hybridized carbons (Fsp3) is 0.300. The monoisotopic (exact) mass is 259 g/mol. The molecule has 0 aliphatic heterocycles. The van der Waals surface area contributed by atoms with Crippen LogP contribution >= 0.6 is 10.7 Å². The second-order valence-corrected chi connectivity index (χ2v) is 5.62. The standard InChI is InChI=1S/C10H10ClNO3S/c1-2-5-15-10-4-3-9(16(11,13)14)6-8(10)7-12/h3-4,6H,2,5H2,1H3. The molecule has 86 valence electrons. The number of nitriles is 1. The van der Waals surface area contributed by atoms with Crippen molar-refractivity contribution in [1.29, 1.82) is 5.26 Å². The normalized spacial score (nSPS) is 10.8. The third kappa shape index (κ3) is 3.12. The number of ether oxygens (including phenoxy) is 1. The van der Waals surface area contributed by atoms with Crippen LogP contribution in [0.3, 0.4) is 0 Å². The van der Waals surface area contributed by atoms with Crippen molar-refractivity contribution in [2.75, 3.05) is 6.61 Å². The first-order valence-electron chi connectivity index (χ1n) is 4.60. The maximum Gasteiger partial charge on any atom is 0.261 e. The van der Waals surface area contributed by atoms with Crippen molar-refractivity contribution in [3.63, 3.8) is 0 Å². The molecule has 0 heterocycles. The lowest BCUT2D eigenvalue weighted by molar-refractivity contribution is 0.316.